The van der Waals surface area contributed by atoms with Crippen LogP contribution in [0.25, 0.3) is 0 Å². The summed E-state index contributed by atoms with van der Waals surface area (Å²) in [4.78, 5) is 4.12. The summed E-state index contributed by atoms with van der Waals surface area (Å²) in [6.45, 7) is 6.50. The normalized spacial score (nSPS) is 11.3. The van der Waals surface area contributed by atoms with Crippen molar-refractivity contribution in [2.75, 3.05) is 5.73 Å². The van der Waals surface area contributed by atoms with E-state index in [1.165, 1.54) is 5.56 Å². The molecule has 0 saturated carbocycles. The van der Waals surface area contributed by atoms with Crippen LogP contribution in [0, 0.1) is 0 Å². The summed E-state index contributed by atoms with van der Waals surface area (Å²) in [6.07, 6.45) is 1.67. The predicted octanol–water partition coefficient (Wildman–Crippen LogP) is 3.75. The van der Waals surface area contributed by atoms with E-state index in [4.69, 9.17) is 10.5 Å². The molecule has 0 aliphatic rings. The lowest BCUT2D eigenvalue weighted by atomic mass is 9.87. The molecule has 0 aliphatic heterocycles. The summed E-state index contributed by atoms with van der Waals surface area (Å²) in [7, 11) is 0. The molecule has 0 bridgehead atoms. The molecule has 0 saturated heterocycles. The van der Waals surface area contributed by atoms with E-state index >= 15 is 0 Å². The molecule has 1 heterocycles. The number of hydrogen-bond acceptors (Lipinski definition) is 3. The molecular formula is C15H18N2O. The summed E-state index contributed by atoms with van der Waals surface area (Å²) < 4.78 is 5.71. The summed E-state index contributed by atoms with van der Waals surface area (Å²) in [5.41, 5.74) is 7.65. The van der Waals surface area contributed by atoms with Gasteiger partial charge in [0.15, 0.2) is 0 Å². The van der Waals surface area contributed by atoms with E-state index in [2.05, 4.69) is 31.8 Å². The molecule has 0 aliphatic carbocycles. The third-order valence-corrected chi connectivity index (χ3v) is 2.72. The number of nitrogens with two attached hydrogens (primary N) is 1. The summed E-state index contributed by atoms with van der Waals surface area (Å²) in [5, 5.41) is 0. The van der Waals surface area contributed by atoms with Crippen molar-refractivity contribution in [1.82, 2.24) is 4.98 Å². The van der Waals surface area contributed by atoms with Crippen LogP contribution in [0.5, 0.6) is 11.6 Å². The Morgan fingerprint density at radius 3 is 2.56 bits per heavy atom. The zero-order valence-corrected chi connectivity index (χ0v) is 11.0. The van der Waals surface area contributed by atoms with E-state index in [1.807, 2.05) is 18.2 Å². The third kappa shape index (κ3) is 2.80. The van der Waals surface area contributed by atoms with E-state index in [-0.39, 0.29) is 5.41 Å². The van der Waals surface area contributed by atoms with Gasteiger partial charge in [-0.1, -0.05) is 32.9 Å². The standard InChI is InChI=1S/C15H18N2O/c1-15(2,3)11-6-4-7-12(10-11)18-14-13(16)8-5-9-17-14/h4-10H,16H2,1-3H3. The van der Waals surface area contributed by atoms with Crippen LogP contribution in [0.3, 0.4) is 0 Å². The minimum absolute atomic E-state index is 0.0923. The Morgan fingerprint density at radius 2 is 1.89 bits per heavy atom. The molecule has 18 heavy (non-hydrogen) atoms. The van der Waals surface area contributed by atoms with Gasteiger partial charge in [-0.3, -0.25) is 0 Å². The zero-order valence-electron chi connectivity index (χ0n) is 11.0. The second-order valence-electron chi connectivity index (χ2n) is 5.28. The number of nitrogens with zero attached hydrogens (tertiary/aromatic N) is 1. The molecular weight excluding hydrogens is 224 g/mol. The fourth-order valence-corrected chi connectivity index (χ4v) is 1.63. The quantitative estimate of drug-likeness (QED) is 0.872. The lowest BCUT2D eigenvalue weighted by molar-refractivity contribution is 0.462. The SMILES string of the molecule is CC(C)(C)c1cccc(Oc2ncccc2N)c1. The molecule has 0 atom stereocenters. The fourth-order valence-electron chi connectivity index (χ4n) is 1.63. The van der Waals surface area contributed by atoms with Crippen LogP contribution in [0.1, 0.15) is 26.3 Å². The van der Waals surface area contributed by atoms with Crippen molar-refractivity contribution < 1.29 is 4.74 Å². The number of rotatable bonds is 2. The van der Waals surface area contributed by atoms with Crippen LogP contribution in [0.4, 0.5) is 5.69 Å². The van der Waals surface area contributed by atoms with Gasteiger partial charge in [0, 0.05) is 6.20 Å². The minimum Gasteiger partial charge on any atom is -0.437 e. The average molecular weight is 242 g/mol. The first-order valence-electron chi connectivity index (χ1n) is 5.96. The lowest BCUT2D eigenvalue weighted by Crippen LogP contribution is -2.10. The molecule has 0 spiro atoms. The highest BCUT2D eigenvalue weighted by atomic mass is 16.5. The Morgan fingerprint density at radius 1 is 1.11 bits per heavy atom. The van der Waals surface area contributed by atoms with Gasteiger partial charge in [0.25, 0.3) is 0 Å². The van der Waals surface area contributed by atoms with Crippen LogP contribution in [0.2, 0.25) is 0 Å². The minimum atomic E-state index is 0.0923. The number of benzene rings is 1. The maximum atomic E-state index is 5.80. The van der Waals surface area contributed by atoms with Gasteiger partial charge < -0.3 is 10.5 Å². The van der Waals surface area contributed by atoms with Gasteiger partial charge >= 0.3 is 0 Å². The predicted molar refractivity (Wildman–Crippen MR) is 73.9 cm³/mol. The molecule has 0 fully saturated rings. The first-order chi connectivity index (χ1) is 8.47. The number of pyridine rings is 1. The summed E-state index contributed by atoms with van der Waals surface area (Å²) in [5.74, 6) is 1.20. The Hall–Kier alpha value is -2.03. The summed E-state index contributed by atoms with van der Waals surface area (Å²) >= 11 is 0. The van der Waals surface area contributed by atoms with E-state index in [1.54, 1.807) is 18.3 Å². The highest BCUT2D eigenvalue weighted by Gasteiger charge is 2.14. The van der Waals surface area contributed by atoms with Crippen LogP contribution >= 0.6 is 0 Å². The monoisotopic (exact) mass is 242 g/mol. The highest BCUT2D eigenvalue weighted by Crippen LogP contribution is 2.29. The van der Waals surface area contributed by atoms with Gasteiger partial charge in [-0.25, -0.2) is 4.98 Å². The van der Waals surface area contributed by atoms with Gasteiger partial charge in [0.1, 0.15) is 5.75 Å². The molecule has 0 amide bonds. The van der Waals surface area contributed by atoms with Crippen molar-refractivity contribution in [1.29, 1.82) is 0 Å². The number of aromatic nitrogens is 1. The number of ether oxygens (including phenoxy) is 1. The van der Waals surface area contributed by atoms with Crippen molar-refractivity contribution >= 4 is 5.69 Å². The van der Waals surface area contributed by atoms with Gasteiger partial charge in [-0.2, -0.15) is 0 Å². The first-order valence-corrected chi connectivity index (χ1v) is 5.96. The van der Waals surface area contributed by atoms with Gasteiger partial charge in [0.2, 0.25) is 5.88 Å². The van der Waals surface area contributed by atoms with Crippen molar-refractivity contribution in [2.45, 2.75) is 26.2 Å². The molecule has 1 aromatic carbocycles. The maximum Gasteiger partial charge on any atom is 0.242 e. The van der Waals surface area contributed by atoms with E-state index in [0.717, 1.165) is 5.75 Å². The van der Waals surface area contributed by atoms with Crippen molar-refractivity contribution in [2.24, 2.45) is 0 Å². The van der Waals surface area contributed by atoms with Crippen molar-refractivity contribution in [3.05, 3.63) is 48.2 Å². The molecule has 3 heteroatoms. The zero-order chi connectivity index (χ0) is 13.2. The van der Waals surface area contributed by atoms with Crippen molar-refractivity contribution in [3.8, 4) is 11.6 Å². The molecule has 2 N–H and O–H groups in total. The lowest BCUT2D eigenvalue weighted by Gasteiger charge is -2.19. The third-order valence-electron chi connectivity index (χ3n) is 2.72. The van der Waals surface area contributed by atoms with Crippen LogP contribution in [0.15, 0.2) is 42.6 Å². The summed E-state index contributed by atoms with van der Waals surface area (Å²) in [6, 6.07) is 11.6. The molecule has 1 aromatic heterocycles. The highest BCUT2D eigenvalue weighted by molar-refractivity contribution is 5.49. The number of nitrogen functional groups attached to an aromatic ring is 1. The molecule has 0 unspecified atom stereocenters. The Kier molecular flexibility index (Phi) is 3.24. The second-order valence-corrected chi connectivity index (χ2v) is 5.28. The Labute approximate surface area is 108 Å². The molecule has 2 aromatic rings. The second kappa shape index (κ2) is 4.69. The molecule has 94 valence electrons. The fraction of sp³-hybridized carbons (Fsp3) is 0.267. The Bertz CT molecular complexity index is 544. The molecule has 2 rings (SSSR count). The molecule has 0 radical (unpaired) electrons. The van der Waals surface area contributed by atoms with Crippen LogP contribution < -0.4 is 10.5 Å². The van der Waals surface area contributed by atoms with E-state index in [0.29, 0.717) is 11.6 Å². The topological polar surface area (TPSA) is 48.1 Å². The molecule has 3 nitrogen and oxygen atoms in total. The maximum absolute atomic E-state index is 5.80. The number of hydrogen-bond donors (Lipinski definition) is 1. The average Bonchev–Trinajstić information content (AvgIpc) is 2.31. The van der Waals surface area contributed by atoms with Gasteiger partial charge in [-0.05, 0) is 35.2 Å². The first kappa shape index (κ1) is 12.4. The Balaban J connectivity index is 2.28. The van der Waals surface area contributed by atoms with Crippen molar-refractivity contribution in [3.63, 3.8) is 0 Å². The van der Waals surface area contributed by atoms with E-state index in [9.17, 15) is 0 Å². The number of anilines is 1. The largest absolute Gasteiger partial charge is 0.437 e. The van der Waals surface area contributed by atoms with E-state index < -0.39 is 0 Å². The van der Waals surface area contributed by atoms with Crippen LogP contribution in [-0.4, -0.2) is 4.98 Å². The van der Waals surface area contributed by atoms with Crippen LogP contribution in [-0.2, 0) is 5.41 Å². The van der Waals surface area contributed by atoms with Gasteiger partial charge in [0.05, 0.1) is 5.69 Å². The smallest absolute Gasteiger partial charge is 0.242 e. The van der Waals surface area contributed by atoms with Gasteiger partial charge in [-0.15, -0.1) is 0 Å².